The predicted octanol–water partition coefficient (Wildman–Crippen LogP) is 3.70. The van der Waals surface area contributed by atoms with Crippen LogP contribution in [0.4, 0.5) is 0 Å². The maximum atomic E-state index is 11.5. The summed E-state index contributed by atoms with van der Waals surface area (Å²) in [6.45, 7) is 5.02. The number of benzene rings is 1. The average molecular weight is 326 g/mol. The molecule has 0 bridgehead atoms. The number of hydrogen-bond acceptors (Lipinski definition) is 2. The first-order valence-corrected chi connectivity index (χ1v) is 7.58. The van der Waals surface area contributed by atoms with E-state index in [0.717, 1.165) is 23.9 Å². The van der Waals surface area contributed by atoms with Crippen molar-refractivity contribution >= 4 is 21.9 Å². The third kappa shape index (κ3) is 3.00. The lowest BCUT2D eigenvalue weighted by molar-refractivity contribution is -0.144. The van der Waals surface area contributed by atoms with Gasteiger partial charge in [0.2, 0.25) is 0 Å². The molecule has 1 fully saturated rings. The number of carboxylic acids is 1. The van der Waals surface area contributed by atoms with Crippen LogP contribution in [0.3, 0.4) is 0 Å². The molecule has 1 heterocycles. The second kappa shape index (κ2) is 6.06. The summed E-state index contributed by atoms with van der Waals surface area (Å²) in [7, 11) is 0. The smallest absolute Gasteiger partial charge is 0.321 e. The fourth-order valence-electron chi connectivity index (χ4n) is 3.06. The Labute approximate surface area is 122 Å². The highest BCUT2D eigenvalue weighted by molar-refractivity contribution is 9.10. The minimum absolute atomic E-state index is 0.194. The summed E-state index contributed by atoms with van der Waals surface area (Å²) >= 11 is 3.44. The number of carboxylic acid groups (broad SMARTS) is 1. The van der Waals surface area contributed by atoms with E-state index >= 15 is 0 Å². The number of carbonyl (C=O) groups is 1. The zero-order valence-corrected chi connectivity index (χ0v) is 12.9. The van der Waals surface area contributed by atoms with Crippen LogP contribution in [0.15, 0.2) is 28.7 Å². The Morgan fingerprint density at radius 1 is 1.47 bits per heavy atom. The number of halogens is 1. The van der Waals surface area contributed by atoms with E-state index in [2.05, 4.69) is 39.9 Å². The molecule has 0 radical (unpaired) electrons. The predicted molar refractivity (Wildman–Crippen MR) is 79.1 cm³/mol. The van der Waals surface area contributed by atoms with Crippen LogP contribution in [0.5, 0.6) is 0 Å². The summed E-state index contributed by atoms with van der Waals surface area (Å²) in [5.74, 6) is -0.470. The average Bonchev–Trinajstić information content (AvgIpc) is 2.75. The van der Waals surface area contributed by atoms with Crippen molar-refractivity contribution in [3.8, 4) is 0 Å². The molecular formula is C15H20BrNO2. The van der Waals surface area contributed by atoms with Gasteiger partial charge in [-0.1, -0.05) is 41.9 Å². The van der Waals surface area contributed by atoms with Crippen molar-refractivity contribution in [2.75, 3.05) is 6.54 Å². The van der Waals surface area contributed by atoms with Crippen LogP contribution < -0.4 is 0 Å². The maximum Gasteiger partial charge on any atom is 0.321 e. The molecule has 0 amide bonds. The quantitative estimate of drug-likeness (QED) is 0.917. The minimum atomic E-state index is -0.694. The van der Waals surface area contributed by atoms with Gasteiger partial charge in [-0.2, -0.15) is 0 Å². The summed E-state index contributed by atoms with van der Waals surface area (Å²) in [6.07, 6.45) is 1.89. The monoisotopic (exact) mass is 325 g/mol. The Hall–Kier alpha value is -0.870. The molecule has 3 atom stereocenters. The van der Waals surface area contributed by atoms with Gasteiger partial charge in [-0.05, 0) is 43.0 Å². The molecule has 19 heavy (non-hydrogen) atoms. The summed E-state index contributed by atoms with van der Waals surface area (Å²) in [6, 6.07) is 8.05. The molecule has 1 aromatic carbocycles. The van der Waals surface area contributed by atoms with Crippen LogP contribution in [0.1, 0.15) is 38.3 Å². The largest absolute Gasteiger partial charge is 0.480 e. The summed E-state index contributed by atoms with van der Waals surface area (Å²) in [4.78, 5) is 13.6. The van der Waals surface area contributed by atoms with Gasteiger partial charge in [0.25, 0.3) is 0 Å². The molecule has 1 N–H and O–H groups in total. The van der Waals surface area contributed by atoms with E-state index in [-0.39, 0.29) is 18.0 Å². The van der Waals surface area contributed by atoms with Crippen LogP contribution in [-0.4, -0.2) is 28.6 Å². The van der Waals surface area contributed by atoms with E-state index in [1.54, 1.807) is 0 Å². The number of hydrogen-bond donors (Lipinski definition) is 1. The summed E-state index contributed by atoms with van der Waals surface area (Å²) in [5, 5.41) is 9.44. The van der Waals surface area contributed by atoms with Gasteiger partial charge in [0.05, 0.1) is 0 Å². The lowest BCUT2D eigenvalue weighted by atomic mass is 9.99. The number of nitrogens with zero attached hydrogens (tertiary/aromatic N) is 1. The molecule has 0 saturated carbocycles. The highest BCUT2D eigenvalue weighted by Crippen LogP contribution is 2.35. The number of likely N-dealkylation sites (tertiary alicyclic amines) is 1. The van der Waals surface area contributed by atoms with Gasteiger partial charge in [-0.15, -0.1) is 0 Å². The standard InChI is InChI=1S/C15H20BrNO2/c1-3-13(11-4-6-12(16)7-5-11)17-9-8-10(2)14(17)15(18)19/h4-7,10,13-14H,3,8-9H2,1-2H3,(H,18,19). The zero-order valence-electron chi connectivity index (χ0n) is 11.3. The molecule has 0 aliphatic carbocycles. The van der Waals surface area contributed by atoms with Gasteiger partial charge >= 0.3 is 5.97 Å². The van der Waals surface area contributed by atoms with Crippen molar-refractivity contribution in [2.24, 2.45) is 5.92 Å². The van der Waals surface area contributed by atoms with E-state index in [1.165, 1.54) is 5.56 Å². The topological polar surface area (TPSA) is 40.5 Å². The number of rotatable bonds is 4. The van der Waals surface area contributed by atoms with E-state index in [9.17, 15) is 9.90 Å². The van der Waals surface area contributed by atoms with Gasteiger partial charge in [0.1, 0.15) is 6.04 Å². The fourth-order valence-corrected chi connectivity index (χ4v) is 3.32. The molecule has 3 unspecified atom stereocenters. The second-order valence-electron chi connectivity index (χ2n) is 5.26. The molecule has 4 heteroatoms. The first-order chi connectivity index (χ1) is 9.04. The van der Waals surface area contributed by atoms with Crippen molar-refractivity contribution in [1.29, 1.82) is 0 Å². The van der Waals surface area contributed by atoms with Crippen molar-refractivity contribution < 1.29 is 9.90 Å². The third-order valence-electron chi connectivity index (χ3n) is 4.03. The Bertz CT molecular complexity index is 446. The summed E-state index contributed by atoms with van der Waals surface area (Å²) in [5.41, 5.74) is 1.20. The van der Waals surface area contributed by atoms with Gasteiger partial charge < -0.3 is 5.11 Å². The van der Waals surface area contributed by atoms with Gasteiger partial charge in [0, 0.05) is 10.5 Å². The first-order valence-electron chi connectivity index (χ1n) is 6.78. The van der Waals surface area contributed by atoms with Crippen LogP contribution >= 0.6 is 15.9 Å². The molecule has 1 aliphatic rings. The Kier molecular flexibility index (Phi) is 4.63. The lowest BCUT2D eigenvalue weighted by Crippen LogP contribution is -2.41. The maximum absolute atomic E-state index is 11.5. The molecule has 2 rings (SSSR count). The molecular weight excluding hydrogens is 306 g/mol. The Morgan fingerprint density at radius 2 is 2.11 bits per heavy atom. The number of aliphatic carboxylic acids is 1. The SMILES string of the molecule is CCC(c1ccc(Br)cc1)N1CCC(C)C1C(=O)O. The molecule has 1 saturated heterocycles. The van der Waals surface area contributed by atoms with Crippen LogP contribution in [0.25, 0.3) is 0 Å². The van der Waals surface area contributed by atoms with Crippen molar-refractivity contribution in [2.45, 2.75) is 38.8 Å². The van der Waals surface area contributed by atoms with E-state index in [4.69, 9.17) is 0 Å². The van der Waals surface area contributed by atoms with Gasteiger partial charge in [0.15, 0.2) is 0 Å². The summed E-state index contributed by atoms with van der Waals surface area (Å²) < 4.78 is 1.05. The van der Waals surface area contributed by atoms with Crippen molar-refractivity contribution in [3.05, 3.63) is 34.3 Å². The molecule has 104 valence electrons. The molecule has 0 aromatic heterocycles. The van der Waals surface area contributed by atoms with Gasteiger partial charge in [-0.25, -0.2) is 0 Å². The van der Waals surface area contributed by atoms with Crippen LogP contribution in [-0.2, 0) is 4.79 Å². The van der Waals surface area contributed by atoms with E-state index < -0.39 is 5.97 Å². The Balaban J connectivity index is 2.26. The molecule has 3 nitrogen and oxygen atoms in total. The molecule has 1 aliphatic heterocycles. The molecule has 0 spiro atoms. The first kappa shape index (κ1) is 14.5. The van der Waals surface area contributed by atoms with Crippen molar-refractivity contribution in [1.82, 2.24) is 4.90 Å². The van der Waals surface area contributed by atoms with Crippen LogP contribution in [0, 0.1) is 5.92 Å². The van der Waals surface area contributed by atoms with Crippen molar-refractivity contribution in [3.63, 3.8) is 0 Å². The van der Waals surface area contributed by atoms with Gasteiger partial charge in [-0.3, -0.25) is 9.69 Å². The molecule has 1 aromatic rings. The lowest BCUT2D eigenvalue weighted by Gasteiger charge is -2.31. The Morgan fingerprint density at radius 3 is 2.63 bits per heavy atom. The third-order valence-corrected chi connectivity index (χ3v) is 4.56. The van der Waals surface area contributed by atoms with E-state index in [1.807, 2.05) is 19.1 Å². The van der Waals surface area contributed by atoms with E-state index in [0.29, 0.717) is 0 Å². The zero-order chi connectivity index (χ0) is 14.0. The minimum Gasteiger partial charge on any atom is -0.480 e. The van der Waals surface area contributed by atoms with Crippen LogP contribution in [0.2, 0.25) is 0 Å². The normalized spacial score (nSPS) is 25.4. The highest BCUT2D eigenvalue weighted by Gasteiger charge is 2.40. The second-order valence-corrected chi connectivity index (χ2v) is 6.18. The fraction of sp³-hybridized carbons (Fsp3) is 0.533. The highest BCUT2D eigenvalue weighted by atomic mass is 79.9.